The molecule has 4 aliphatic rings. The molecule has 1 aromatic carbocycles. The van der Waals surface area contributed by atoms with Crippen LogP contribution in [-0.4, -0.2) is 108 Å². The maximum Gasteiger partial charge on any atom is 0.391 e. The molecule has 1 unspecified atom stereocenters. The number of aromatic nitrogens is 2. The monoisotopic (exact) mass is 882 g/mol. The fraction of sp³-hybridized carbons (Fsp3) is 0.545. The first-order valence-corrected chi connectivity index (χ1v) is 22.4. The van der Waals surface area contributed by atoms with Gasteiger partial charge in [0.1, 0.15) is 29.2 Å². The molecule has 18 heteroatoms. The van der Waals surface area contributed by atoms with Crippen LogP contribution in [0.4, 0.5) is 13.2 Å². The summed E-state index contributed by atoms with van der Waals surface area (Å²) in [6, 6.07) is 9.47. The predicted octanol–water partition coefficient (Wildman–Crippen LogP) is 5.48. The Hall–Kier alpha value is -5.26. The minimum absolute atomic E-state index is 0.0535. The van der Waals surface area contributed by atoms with E-state index in [4.69, 9.17) is 14.5 Å². The number of benzene rings is 1. The van der Waals surface area contributed by atoms with Gasteiger partial charge >= 0.3 is 6.18 Å². The van der Waals surface area contributed by atoms with E-state index in [2.05, 4.69) is 21.6 Å². The van der Waals surface area contributed by atoms with Gasteiger partial charge in [0, 0.05) is 55.1 Å². The molecule has 2 aromatic heterocycles. The summed E-state index contributed by atoms with van der Waals surface area (Å²) in [7, 11) is -2.42. The van der Waals surface area contributed by atoms with Crippen molar-refractivity contribution >= 4 is 44.6 Å². The SMILES string of the molecule is C=CC1C[C@@]1(NC(=O)[C@@H]1C[C@@H](Oc2cc(-c3ccccn3)nc3c(C)c(OC)ccc23)CN1C(=O)[C@@H](CC(=O)N1CCC(C(F)(F)F)CC1)C(C)(C)C)C(=O)NS(=O)(=O)C1CC1. The zero-order chi connectivity index (χ0) is 44.9. The highest BCUT2D eigenvalue weighted by molar-refractivity contribution is 7.91. The summed E-state index contributed by atoms with van der Waals surface area (Å²) in [6.45, 7) is 10.6. The number of methoxy groups -OCH3 is 1. The maximum absolute atomic E-state index is 14.9. The van der Waals surface area contributed by atoms with E-state index in [0.29, 0.717) is 46.6 Å². The second-order valence-electron chi connectivity index (χ2n) is 18.0. The third-order valence-electron chi connectivity index (χ3n) is 12.7. The van der Waals surface area contributed by atoms with Crippen LogP contribution in [-0.2, 0) is 29.2 Å². The van der Waals surface area contributed by atoms with Gasteiger partial charge in [0.2, 0.25) is 27.7 Å². The van der Waals surface area contributed by atoms with Crippen LogP contribution in [0.3, 0.4) is 0 Å². The van der Waals surface area contributed by atoms with E-state index in [0.717, 1.165) is 5.56 Å². The number of amides is 4. The van der Waals surface area contributed by atoms with E-state index in [1.165, 1.54) is 15.9 Å². The van der Waals surface area contributed by atoms with Gasteiger partial charge in [-0.05, 0) is 68.7 Å². The summed E-state index contributed by atoms with van der Waals surface area (Å²) >= 11 is 0. The zero-order valence-corrected chi connectivity index (χ0v) is 36.3. The second-order valence-corrected chi connectivity index (χ2v) is 20.0. The van der Waals surface area contributed by atoms with Crippen molar-refractivity contribution < 1.29 is 50.2 Å². The van der Waals surface area contributed by atoms with E-state index in [1.54, 1.807) is 64.4 Å². The number of likely N-dealkylation sites (tertiary alicyclic amines) is 2. The second kappa shape index (κ2) is 16.8. The van der Waals surface area contributed by atoms with Crippen LogP contribution >= 0.6 is 0 Å². The third-order valence-corrected chi connectivity index (χ3v) is 14.5. The summed E-state index contributed by atoms with van der Waals surface area (Å²) in [4.78, 5) is 69.0. The van der Waals surface area contributed by atoms with Crippen LogP contribution in [0.2, 0.25) is 0 Å². The molecule has 4 heterocycles. The van der Waals surface area contributed by atoms with Crippen molar-refractivity contribution in [3.63, 3.8) is 0 Å². The summed E-state index contributed by atoms with van der Waals surface area (Å²) in [6.07, 6.45) is -2.01. The first-order valence-electron chi connectivity index (χ1n) is 20.9. The van der Waals surface area contributed by atoms with Gasteiger partial charge in [-0.2, -0.15) is 13.2 Å². The Kier molecular flexibility index (Phi) is 12.1. The molecular weight excluding hydrogens is 830 g/mol. The van der Waals surface area contributed by atoms with Crippen molar-refractivity contribution in [2.45, 2.75) is 102 Å². The van der Waals surface area contributed by atoms with Crippen molar-refractivity contribution in [2.75, 3.05) is 26.7 Å². The maximum atomic E-state index is 14.9. The van der Waals surface area contributed by atoms with E-state index >= 15 is 0 Å². The molecule has 0 radical (unpaired) electrons. The quantitative estimate of drug-likeness (QED) is 0.209. The number of nitrogens with zero attached hydrogens (tertiary/aromatic N) is 4. The van der Waals surface area contributed by atoms with Crippen molar-refractivity contribution in [1.82, 2.24) is 29.8 Å². The zero-order valence-electron chi connectivity index (χ0n) is 35.5. The summed E-state index contributed by atoms with van der Waals surface area (Å²) < 4.78 is 80.5. The number of carbonyl (C=O) groups is 4. The number of piperidine rings is 1. The van der Waals surface area contributed by atoms with Crippen molar-refractivity contribution in [3.8, 4) is 22.9 Å². The minimum Gasteiger partial charge on any atom is -0.496 e. The molecule has 0 bridgehead atoms. The molecular formula is C44H53F3N6O8S. The van der Waals surface area contributed by atoms with Crippen molar-refractivity contribution in [3.05, 3.63) is 60.8 Å². The molecule has 334 valence electrons. The van der Waals surface area contributed by atoms with E-state index in [-0.39, 0.29) is 51.7 Å². The summed E-state index contributed by atoms with van der Waals surface area (Å²) in [5, 5.41) is 2.73. The molecule has 2 aliphatic heterocycles. The number of aryl methyl sites for hydroxylation is 1. The van der Waals surface area contributed by atoms with Gasteiger partial charge in [0.25, 0.3) is 5.91 Å². The lowest BCUT2D eigenvalue weighted by Crippen LogP contribution is -2.57. The van der Waals surface area contributed by atoms with Gasteiger partial charge in [-0.25, -0.2) is 13.4 Å². The first-order chi connectivity index (χ1) is 29.2. The average molecular weight is 883 g/mol. The highest BCUT2D eigenvalue weighted by Gasteiger charge is 2.62. The fourth-order valence-corrected chi connectivity index (χ4v) is 10.0. The average Bonchev–Trinajstić information content (AvgIpc) is 4.16. The molecule has 62 heavy (non-hydrogen) atoms. The number of alkyl halides is 3. The molecule has 2 aliphatic carbocycles. The molecule has 2 saturated heterocycles. The number of ether oxygens (including phenoxy) is 2. The molecule has 0 spiro atoms. The van der Waals surface area contributed by atoms with Gasteiger partial charge in [0.05, 0.1) is 47.6 Å². The van der Waals surface area contributed by atoms with Gasteiger partial charge < -0.3 is 24.6 Å². The number of pyridine rings is 2. The molecule has 2 N–H and O–H groups in total. The smallest absolute Gasteiger partial charge is 0.391 e. The van der Waals surface area contributed by atoms with Crippen LogP contribution in [0.5, 0.6) is 11.5 Å². The number of fused-ring (bicyclic) bond motifs is 1. The van der Waals surface area contributed by atoms with Crippen LogP contribution in [0, 0.1) is 30.1 Å². The van der Waals surface area contributed by atoms with E-state index in [1.807, 2.05) is 13.0 Å². The van der Waals surface area contributed by atoms with Crippen molar-refractivity contribution in [2.24, 2.45) is 23.2 Å². The molecule has 14 nitrogen and oxygen atoms in total. The highest BCUT2D eigenvalue weighted by Crippen LogP contribution is 2.46. The Balaban J connectivity index is 1.21. The lowest BCUT2D eigenvalue weighted by Gasteiger charge is -2.37. The highest BCUT2D eigenvalue weighted by atomic mass is 32.2. The largest absolute Gasteiger partial charge is 0.496 e. The van der Waals surface area contributed by atoms with Gasteiger partial charge in [-0.15, -0.1) is 6.58 Å². The molecule has 3 aromatic rings. The Morgan fingerprint density at radius 2 is 1.74 bits per heavy atom. The number of sulfonamides is 1. The van der Waals surface area contributed by atoms with Crippen LogP contribution in [0.15, 0.2) is 55.3 Å². The first kappa shape index (κ1) is 44.8. The number of halogens is 3. The lowest BCUT2D eigenvalue weighted by atomic mass is 9.77. The molecule has 4 amide bonds. The third kappa shape index (κ3) is 9.11. The Bertz CT molecular complexity index is 2360. The predicted molar refractivity (Wildman–Crippen MR) is 223 cm³/mol. The Morgan fingerprint density at radius 3 is 2.32 bits per heavy atom. The number of hydrogen-bond donors (Lipinski definition) is 2. The van der Waals surface area contributed by atoms with Crippen molar-refractivity contribution in [1.29, 1.82) is 0 Å². The van der Waals surface area contributed by atoms with Gasteiger partial charge in [-0.1, -0.05) is 32.9 Å². The number of nitrogens with one attached hydrogen (secondary N) is 2. The van der Waals surface area contributed by atoms with E-state index in [9.17, 15) is 40.8 Å². The summed E-state index contributed by atoms with van der Waals surface area (Å²) in [5.74, 6) is -4.78. The minimum atomic E-state index is -4.37. The topological polar surface area (TPSA) is 177 Å². The molecule has 5 atom stereocenters. The number of hydrogen-bond acceptors (Lipinski definition) is 10. The number of rotatable bonds is 13. The molecule has 2 saturated carbocycles. The van der Waals surface area contributed by atoms with Gasteiger partial charge in [0.15, 0.2) is 0 Å². The standard InChI is InChI=1S/C44H53F3N6O8S/c1-7-26-23-43(26,41(57)51-62(58,59)29-11-12-29)50-39(55)34-20-28(61-36-22-33(32-10-8-9-17-48-32)49-38-25(2)35(60-6)14-13-30(36)38)24-53(34)40(56)31(42(3,4)5)21-37(54)52-18-15-27(16-19-52)44(45,46)47/h7-10,13-14,17,22,26-29,31,34H,1,11-12,15-16,18-21,23-24H2,2-6H3,(H,50,55)(H,51,57)/t26?,28-,31-,34+,43+/m1/s1. The molecule has 7 rings (SSSR count). The fourth-order valence-electron chi connectivity index (χ4n) is 8.64. The van der Waals surface area contributed by atoms with Crippen LogP contribution < -0.4 is 19.5 Å². The Labute approximate surface area is 359 Å². The van der Waals surface area contributed by atoms with Crippen LogP contribution in [0.1, 0.15) is 71.3 Å². The number of carbonyl (C=O) groups excluding carboxylic acids is 4. The normalized spacial score (nSPS) is 23.7. The van der Waals surface area contributed by atoms with E-state index < -0.39 is 85.9 Å². The Morgan fingerprint density at radius 1 is 1.03 bits per heavy atom. The lowest BCUT2D eigenvalue weighted by molar-refractivity contribution is -0.186. The van der Waals surface area contributed by atoms with Gasteiger partial charge in [-0.3, -0.25) is 28.9 Å². The van der Waals surface area contributed by atoms with Crippen LogP contribution in [0.25, 0.3) is 22.3 Å². The summed E-state index contributed by atoms with van der Waals surface area (Å²) in [5.41, 5.74) is -0.112. The molecule has 4 fully saturated rings.